The summed E-state index contributed by atoms with van der Waals surface area (Å²) in [6, 6.07) is 8.26. The third kappa shape index (κ3) is 18.4. The number of carbonyl (C=O) groups is 2. The van der Waals surface area contributed by atoms with Gasteiger partial charge in [-0.15, -0.1) is 0 Å². The van der Waals surface area contributed by atoms with Crippen LogP contribution in [0, 0.1) is 6.92 Å². The molecule has 0 unspecified atom stereocenters. The Labute approximate surface area is 165 Å². The molecule has 1 amide bonds. The van der Waals surface area contributed by atoms with E-state index >= 15 is 0 Å². The van der Waals surface area contributed by atoms with Crippen molar-refractivity contribution >= 4 is 11.9 Å². The van der Waals surface area contributed by atoms with Crippen molar-refractivity contribution in [3.63, 3.8) is 0 Å². The van der Waals surface area contributed by atoms with Crippen molar-refractivity contribution in [2.75, 3.05) is 19.7 Å². The summed E-state index contributed by atoms with van der Waals surface area (Å²) < 4.78 is 4.75. The first-order valence-corrected chi connectivity index (χ1v) is 9.82. The molecule has 0 heterocycles. The minimum Gasteiger partial charge on any atom is -0.460 e. The molecule has 0 aliphatic carbocycles. The van der Waals surface area contributed by atoms with Gasteiger partial charge >= 0.3 is 5.97 Å². The third-order valence-corrected chi connectivity index (χ3v) is 3.34. The van der Waals surface area contributed by atoms with Crippen molar-refractivity contribution < 1.29 is 14.3 Å². The third-order valence-electron chi connectivity index (χ3n) is 3.34. The summed E-state index contributed by atoms with van der Waals surface area (Å²) in [6.45, 7) is 12.5. The molecule has 27 heavy (non-hydrogen) atoms. The van der Waals surface area contributed by atoms with Gasteiger partial charge < -0.3 is 15.8 Å². The van der Waals surface area contributed by atoms with E-state index in [0.29, 0.717) is 6.42 Å². The molecule has 0 aliphatic rings. The smallest absolute Gasteiger partial charge is 0.325 e. The van der Waals surface area contributed by atoms with Crippen LogP contribution in [0.4, 0.5) is 0 Å². The predicted molar refractivity (Wildman–Crippen MR) is 114 cm³/mol. The average Bonchev–Trinajstić information content (AvgIpc) is 2.69. The Hall–Kier alpha value is -2.14. The first kappa shape index (κ1) is 27.1. The number of hydrogen-bond acceptors (Lipinski definition) is 4. The standard InChI is InChI=1S/C16H21NO3.C4H11N.C2H6/c1-3-11-20-16(19)12-17-15(18)6-4-5-14-9-7-13(2)8-10-14;1-2-3-4-5;1-2/h3,7-10H,1,4-6,11-12H2,2H3,(H,17,18);2-5H2,1H3;1-2H3. The van der Waals surface area contributed by atoms with Gasteiger partial charge in [0, 0.05) is 6.42 Å². The average molecular weight is 379 g/mol. The van der Waals surface area contributed by atoms with Gasteiger partial charge in [0.25, 0.3) is 0 Å². The van der Waals surface area contributed by atoms with Gasteiger partial charge in [0.2, 0.25) is 5.91 Å². The maximum atomic E-state index is 11.5. The first-order chi connectivity index (χ1) is 13.0. The van der Waals surface area contributed by atoms with Gasteiger partial charge in [-0.3, -0.25) is 9.59 Å². The number of nitrogens with two attached hydrogens (primary N) is 1. The molecule has 1 rings (SSSR count). The van der Waals surface area contributed by atoms with Crippen LogP contribution in [0.1, 0.15) is 57.6 Å². The van der Waals surface area contributed by atoms with Crippen LogP contribution in [0.5, 0.6) is 0 Å². The zero-order chi connectivity index (χ0) is 20.9. The van der Waals surface area contributed by atoms with E-state index in [1.54, 1.807) is 0 Å². The highest BCUT2D eigenvalue weighted by Crippen LogP contribution is 2.07. The lowest BCUT2D eigenvalue weighted by molar-refractivity contribution is -0.142. The van der Waals surface area contributed by atoms with E-state index in [2.05, 4.69) is 43.1 Å². The van der Waals surface area contributed by atoms with Crippen LogP contribution in [-0.2, 0) is 20.7 Å². The lowest BCUT2D eigenvalue weighted by Gasteiger charge is -2.05. The van der Waals surface area contributed by atoms with Crippen LogP contribution in [0.3, 0.4) is 0 Å². The topological polar surface area (TPSA) is 81.4 Å². The molecule has 0 bridgehead atoms. The Morgan fingerprint density at radius 3 is 2.30 bits per heavy atom. The van der Waals surface area contributed by atoms with Crippen LogP contribution in [0.2, 0.25) is 0 Å². The second kappa shape index (κ2) is 20.2. The molecule has 0 atom stereocenters. The van der Waals surface area contributed by atoms with E-state index in [4.69, 9.17) is 10.5 Å². The van der Waals surface area contributed by atoms with Gasteiger partial charge in [0.15, 0.2) is 0 Å². The highest BCUT2D eigenvalue weighted by molar-refractivity contribution is 5.81. The fourth-order valence-corrected chi connectivity index (χ4v) is 1.87. The number of ether oxygens (including phenoxy) is 1. The van der Waals surface area contributed by atoms with Gasteiger partial charge in [-0.05, 0) is 38.3 Å². The summed E-state index contributed by atoms with van der Waals surface area (Å²) in [6.07, 6.45) is 5.89. The van der Waals surface area contributed by atoms with E-state index in [-0.39, 0.29) is 19.1 Å². The van der Waals surface area contributed by atoms with E-state index < -0.39 is 5.97 Å². The van der Waals surface area contributed by atoms with Crippen molar-refractivity contribution in [3.05, 3.63) is 48.0 Å². The Bertz CT molecular complexity index is 497. The number of carbonyl (C=O) groups excluding carboxylic acids is 2. The number of nitrogens with one attached hydrogen (secondary N) is 1. The first-order valence-electron chi connectivity index (χ1n) is 9.82. The van der Waals surface area contributed by atoms with Crippen molar-refractivity contribution in [1.82, 2.24) is 5.32 Å². The number of hydrogen-bond donors (Lipinski definition) is 2. The molecule has 5 nitrogen and oxygen atoms in total. The highest BCUT2D eigenvalue weighted by atomic mass is 16.5. The molecular weight excluding hydrogens is 340 g/mol. The number of aryl methyl sites for hydroxylation is 2. The second-order valence-electron chi connectivity index (χ2n) is 5.73. The Morgan fingerprint density at radius 1 is 1.19 bits per heavy atom. The van der Waals surface area contributed by atoms with Crippen molar-refractivity contribution in [3.8, 4) is 0 Å². The Morgan fingerprint density at radius 2 is 1.81 bits per heavy atom. The molecule has 0 aromatic heterocycles. The molecule has 0 radical (unpaired) electrons. The number of esters is 1. The fraction of sp³-hybridized carbons (Fsp3) is 0.545. The molecule has 1 aromatic rings. The van der Waals surface area contributed by atoms with Crippen molar-refractivity contribution in [2.45, 2.75) is 59.8 Å². The van der Waals surface area contributed by atoms with Gasteiger partial charge in [-0.2, -0.15) is 0 Å². The van der Waals surface area contributed by atoms with E-state index in [0.717, 1.165) is 19.4 Å². The number of unbranched alkanes of at least 4 members (excludes halogenated alkanes) is 1. The summed E-state index contributed by atoms with van der Waals surface area (Å²) in [5.41, 5.74) is 7.58. The van der Waals surface area contributed by atoms with Crippen LogP contribution >= 0.6 is 0 Å². The summed E-state index contributed by atoms with van der Waals surface area (Å²) in [7, 11) is 0. The van der Waals surface area contributed by atoms with Gasteiger partial charge in [0.05, 0.1) is 0 Å². The van der Waals surface area contributed by atoms with Crippen molar-refractivity contribution in [1.29, 1.82) is 0 Å². The zero-order valence-electron chi connectivity index (χ0n) is 17.6. The largest absolute Gasteiger partial charge is 0.460 e. The summed E-state index contributed by atoms with van der Waals surface area (Å²) in [5.74, 6) is -0.579. The highest BCUT2D eigenvalue weighted by Gasteiger charge is 2.06. The quantitative estimate of drug-likeness (QED) is 0.477. The van der Waals surface area contributed by atoms with Gasteiger partial charge in [0.1, 0.15) is 13.2 Å². The van der Waals surface area contributed by atoms with Gasteiger partial charge in [-0.1, -0.05) is 69.7 Å². The fourth-order valence-electron chi connectivity index (χ4n) is 1.87. The SMILES string of the molecule is C=CCOC(=O)CNC(=O)CCCc1ccc(C)cc1.CC.CCCCN. The molecular formula is C22H38N2O3. The zero-order valence-corrected chi connectivity index (χ0v) is 17.6. The van der Waals surface area contributed by atoms with E-state index in [9.17, 15) is 9.59 Å². The van der Waals surface area contributed by atoms with E-state index in [1.807, 2.05) is 20.8 Å². The van der Waals surface area contributed by atoms with Gasteiger partial charge in [-0.25, -0.2) is 0 Å². The lowest BCUT2D eigenvalue weighted by atomic mass is 10.1. The molecule has 3 N–H and O–H groups in total. The number of benzene rings is 1. The molecule has 0 aliphatic heterocycles. The monoisotopic (exact) mass is 378 g/mol. The molecule has 0 saturated carbocycles. The van der Waals surface area contributed by atoms with Crippen LogP contribution in [0.15, 0.2) is 36.9 Å². The maximum Gasteiger partial charge on any atom is 0.325 e. The van der Waals surface area contributed by atoms with E-state index in [1.165, 1.54) is 30.0 Å². The maximum absolute atomic E-state index is 11.5. The van der Waals surface area contributed by atoms with Crippen LogP contribution in [-0.4, -0.2) is 31.6 Å². The Balaban J connectivity index is 0. The van der Waals surface area contributed by atoms with Crippen molar-refractivity contribution in [2.24, 2.45) is 5.73 Å². The lowest BCUT2D eigenvalue weighted by Crippen LogP contribution is -2.30. The number of rotatable bonds is 10. The molecule has 1 aromatic carbocycles. The summed E-state index contributed by atoms with van der Waals surface area (Å²) in [4.78, 5) is 22.7. The second-order valence-corrected chi connectivity index (χ2v) is 5.73. The molecule has 154 valence electrons. The predicted octanol–water partition coefficient (Wildman–Crippen LogP) is 3.93. The van der Waals surface area contributed by atoms with Crippen LogP contribution in [0.25, 0.3) is 0 Å². The molecule has 0 saturated heterocycles. The normalized spacial score (nSPS) is 9.07. The number of amides is 1. The molecule has 0 spiro atoms. The minimum atomic E-state index is -0.447. The summed E-state index contributed by atoms with van der Waals surface area (Å²) in [5, 5.41) is 2.54. The molecule has 5 heteroatoms. The minimum absolute atomic E-state index is 0.0861. The summed E-state index contributed by atoms with van der Waals surface area (Å²) >= 11 is 0. The Kier molecular flexibility index (Phi) is 20.2. The van der Waals surface area contributed by atoms with Crippen LogP contribution < -0.4 is 11.1 Å². The molecule has 0 fully saturated rings.